The van der Waals surface area contributed by atoms with Crippen LogP contribution < -0.4 is 10.1 Å². The summed E-state index contributed by atoms with van der Waals surface area (Å²) in [6.45, 7) is 0.330. The number of hydrogen-bond donors (Lipinski definition) is 1. The molecule has 0 unspecified atom stereocenters. The van der Waals surface area contributed by atoms with Crippen molar-refractivity contribution in [3.05, 3.63) is 96.0 Å². The van der Waals surface area contributed by atoms with E-state index >= 15 is 0 Å². The number of hydrogen-bond acceptors (Lipinski definition) is 3. The van der Waals surface area contributed by atoms with E-state index in [0.717, 1.165) is 9.13 Å². The van der Waals surface area contributed by atoms with Crippen LogP contribution in [0.25, 0.3) is 6.08 Å². The maximum absolute atomic E-state index is 12.5. The molecule has 0 aliphatic rings. The van der Waals surface area contributed by atoms with Crippen molar-refractivity contribution in [2.24, 2.45) is 0 Å². The summed E-state index contributed by atoms with van der Waals surface area (Å²) >= 11 is 20.4. The predicted octanol–water partition coefficient (Wildman–Crippen LogP) is 7.38. The second kappa shape index (κ2) is 10.9. The van der Waals surface area contributed by atoms with Crippen molar-refractivity contribution in [1.29, 1.82) is 5.26 Å². The zero-order valence-electron chi connectivity index (χ0n) is 15.8. The zero-order chi connectivity index (χ0) is 22.4. The molecular weight excluding hydrogens is 570 g/mol. The van der Waals surface area contributed by atoms with Gasteiger partial charge >= 0.3 is 0 Å². The minimum atomic E-state index is -0.583. The lowest BCUT2D eigenvalue weighted by atomic mass is 10.1. The van der Waals surface area contributed by atoms with Crippen LogP contribution in [0.5, 0.6) is 5.75 Å². The molecular formula is C23H14Cl3IN2O2. The van der Waals surface area contributed by atoms with E-state index in [1.807, 2.05) is 36.4 Å². The summed E-state index contributed by atoms with van der Waals surface area (Å²) in [7, 11) is 0. The Bertz CT molecular complexity index is 1210. The Morgan fingerprint density at radius 3 is 2.52 bits per heavy atom. The van der Waals surface area contributed by atoms with E-state index in [1.165, 1.54) is 6.08 Å². The van der Waals surface area contributed by atoms with Crippen LogP contribution in [0.1, 0.15) is 11.1 Å². The van der Waals surface area contributed by atoms with Crippen LogP contribution in [0.4, 0.5) is 5.69 Å². The molecule has 8 heteroatoms. The molecule has 0 radical (unpaired) electrons. The largest absolute Gasteiger partial charge is 0.488 e. The number of nitrogens with one attached hydrogen (secondary N) is 1. The maximum atomic E-state index is 12.5. The summed E-state index contributed by atoms with van der Waals surface area (Å²) in [5, 5.41) is 13.2. The number of anilines is 1. The van der Waals surface area contributed by atoms with Crippen LogP contribution in [-0.4, -0.2) is 5.91 Å². The lowest BCUT2D eigenvalue weighted by molar-refractivity contribution is -0.112. The number of carbonyl (C=O) groups is 1. The molecule has 0 aliphatic heterocycles. The quantitative estimate of drug-likeness (QED) is 0.187. The first-order valence-electron chi connectivity index (χ1n) is 8.92. The van der Waals surface area contributed by atoms with E-state index in [4.69, 9.17) is 39.5 Å². The second-order valence-corrected chi connectivity index (χ2v) is 8.65. The molecule has 0 bridgehead atoms. The van der Waals surface area contributed by atoms with Crippen molar-refractivity contribution in [3.8, 4) is 11.8 Å². The predicted molar refractivity (Wildman–Crippen MR) is 134 cm³/mol. The fraction of sp³-hybridized carbons (Fsp3) is 0.0435. The number of halogens is 4. The molecule has 0 atom stereocenters. The standard InChI is InChI=1S/C23H14Cl3IN2O2/c24-17-5-2-1-4-15(17)13-31-21-9-8-14(11-19(21)27)10-16(12-28)23(30)29-20-7-3-6-18(25)22(20)26/h1-11H,13H2,(H,29,30)/b16-10-. The van der Waals surface area contributed by atoms with Gasteiger partial charge in [-0.3, -0.25) is 4.79 Å². The van der Waals surface area contributed by atoms with E-state index < -0.39 is 5.91 Å². The Hall–Kier alpha value is -2.24. The summed E-state index contributed by atoms with van der Waals surface area (Å²) in [6.07, 6.45) is 1.49. The van der Waals surface area contributed by atoms with Crippen molar-refractivity contribution in [3.63, 3.8) is 0 Å². The summed E-state index contributed by atoms with van der Waals surface area (Å²) in [6, 6.07) is 19.6. The number of carbonyl (C=O) groups excluding carboxylic acids is 1. The van der Waals surface area contributed by atoms with Crippen molar-refractivity contribution in [2.75, 3.05) is 5.32 Å². The summed E-state index contributed by atoms with van der Waals surface area (Å²) in [5.74, 6) is 0.0899. The van der Waals surface area contributed by atoms with Gasteiger partial charge in [-0.15, -0.1) is 0 Å². The highest BCUT2D eigenvalue weighted by Gasteiger charge is 2.13. The summed E-state index contributed by atoms with van der Waals surface area (Å²) < 4.78 is 6.68. The molecule has 0 aromatic heterocycles. The highest BCUT2D eigenvalue weighted by molar-refractivity contribution is 14.1. The normalized spacial score (nSPS) is 11.0. The molecule has 4 nitrogen and oxygen atoms in total. The molecule has 156 valence electrons. The second-order valence-electron chi connectivity index (χ2n) is 6.30. The lowest BCUT2D eigenvalue weighted by Gasteiger charge is -2.10. The molecule has 1 amide bonds. The third kappa shape index (κ3) is 6.14. The maximum Gasteiger partial charge on any atom is 0.266 e. The van der Waals surface area contributed by atoms with Gasteiger partial charge in [-0.05, 0) is 64.6 Å². The topological polar surface area (TPSA) is 62.1 Å². The Balaban J connectivity index is 1.74. The number of amides is 1. The minimum absolute atomic E-state index is 0.0726. The van der Waals surface area contributed by atoms with Crippen LogP contribution in [0.3, 0.4) is 0 Å². The van der Waals surface area contributed by atoms with Crippen LogP contribution in [0.2, 0.25) is 15.1 Å². The van der Waals surface area contributed by atoms with Gasteiger partial charge < -0.3 is 10.1 Å². The SMILES string of the molecule is N#C/C(=C/c1ccc(OCc2ccccc2Cl)c(I)c1)C(=O)Nc1cccc(Cl)c1Cl. The molecule has 0 saturated carbocycles. The Kier molecular flexibility index (Phi) is 8.22. The average molecular weight is 584 g/mol. The van der Waals surface area contributed by atoms with Crippen LogP contribution in [-0.2, 0) is 11.4 Å². The van der Waals surface area contributed by atoms with Crippen molar-refractivity contribution in [2.45, 2.75) is 6.61 Å². The van der Waals surface area contributed by atoms with Gasteiger partial charge in [-0.25, -0.2) is 0 Å². The van der Waals surface area contributed by atoms with Crippen molar-refractivity contribution < 1.29 is 9.53 Å². The number of benzene rings is 3. The third-order valence-corrected chi connectivity index (χ3v) is 6.20. The van der Waals surface area contributed by atoms with E-state index in [9.17, 15) is 10.1 Å². The number of nitriles is 1. The molecule has 0 fully saturated rings. The first-order valence-corrected chi connectivity index (χ1v) is 11.1. The van der Waals surface area contributed by atoms with Crippen LogP contribution in [0.15, 0.2) is 66.2 Å². The molecule has 0 spiro atoms. The van der Waals surface area contributed by atoms with Gasteiger partial charge in [-0.2, -0.15) is 5.26 Å². The highest BCUT2D eigenvalue weighted by Crippen LogP contribution is 2.30. The van der Waals surface area contributed by atoms with Gasteiger partial charge in [0, 0.05) is 10.6 Å². The van der Waals surface area contributed by atoms with Gasteiger partial charge in [0.1, 0.15) is 24.0 Å². The number of rotatable bonds is 6. The van der Waals surface area contributed by atoms with Gasteiger partial charge in [0.25, 0.3) is 5.91 Å². The first-order chi connectivity index (χ1) is 14.9. The monoisotopic (exact) mass is 582 g/mol. The Morgan fingerprint density at radius 1 is 1.06 bits per heavy atom. The molecule has 31 heavy (non-hydrogen) atoms. The third-order valence-electron chi connectivity index (χ3n) is 4.17. The van der Waals surface area contributed by atoms with Gasteiger partial charge in [0.15, 0.2) is 0 Å². The minimum Gasteiger partial charge on any atom is -0.488 e. The van der Waals surface area contributed by atoms with Crippen LogP contribution in [0, 0.1) is 14.9 Å². The van der Waals surface area contributed by atoms with E-state index in [1.54, 1.807) is 30.3 Å². The molecule has 3 aromatic carbocycles. The smallest absolute Gasteiger partial charge is 0.266 e. The highest BCUT2D eigenvalue weighted by atomic mass is 127. The molecule has 0 saturated heterocycles. The molecule has 0 heterocycles. The van der Waals surface area contributed by atoms with Gasteiger partial charge in [0.05, 0.1) is 19.3 Å². The fourth-order valence-corrected chi connectivity index (χ4v) is 3.83. The van der Waals surface area contributed by atoms with E-state index in [-0.39, 0.29) is 10.6 Å². The van der Waals surface area contributed by atoms with Gasteiger partial charge in [-0.1, -0.05) is 65.1 Å². The zero-order valence-corrected chi connectivity index (χ0v) is 20.3. The lowest BCUT2D eigenvalue weighted by Crippen LogP contribution is -2.13. The summed E-state index contributed by atoms with van der Waals surface area (Å²) in [5.41, 5.74) is 1.82. The molecule has 3 aromatic rings. The van der Waals surface area contributed by atoms with Crippen molar-refractivity contribution >= 4 is 75.1 Å². The number of nitrogens with zero attached hydrogens (tertiary/aromatic N) is 1. The van der Waals surface area contributed by atoms with E-state index in [2.05, 4.69) is 27.9 Å². The number of ether oxygens (including phenoxy) is 1. The molecule has 0 aliphatic carbocycles. The Morgan fingerprint density at radius 2 is 1.81 bits per heavy atom. The summed E-state index contributed by atoms with van der Waals surface area (Å²) in [4.78, 5) is 12.5. The van der Waals surface area contributed by atoms with Crippen molar-refractivity contribution in [1.82, 2.24) is 0 Å². The van der Waals surface area contributed by atoms with E-state index in [0.29, 0.717) is 33.7 Å². The average Bonchev–Trinajstić information content (AvgIpc) is 2.75. The van der Waals surface area contributed by atoms with Crippen LogP contribution >= 0.6 is 57.4 Å². The molecule has 3 rings (SSSR count). The Labute approximate surface area is 208 Å². The fourth-order valence-electron chi connectivity index (χ4n) is 2.60. The molecule has 1 N–H and O–H groups in total. The van der Waals surface area contributed by atoms with Gasteiger partial charge in [0.2, 0.25) is 0 Å². The first kappa shape index (κ1) is 23.4.